The van der Waals surface area contributed by atoms with E-state index >= 15 is 0 Å². The van der Waals surface area contributed by atoms with Crippen molar-refractivity contribution in [3.8, 4) is 5.75 Å². The number of aromatic nitrogens is 3. The molecular weight excluding hydrogens is 292 g/mol. The van der Waals surface area contributed by atoms with Crippen LogP contribution in [-0.4, -0.2) is 21.9 Å². The normalized spacial score (nSPS) is 12.2. The van der Waals surface area contributed by atoms with Gasteiger partial charge in [-0.05, 0) is 30.8 Å². The van der Waals surface area contributed by atoms with Gasteiger partial charge in [-0.2, -0.15) is 4.98 Å². The smallest absolute Gasteiger partial charge is 0.339 e. The summed E-state index contributed by atoms with van der Waals surface area (Å²) in [5.74, 6) is 0.671. The lowest BCUT2D eigenvalue weighted by molar-refractivity contribution is 0.405. The summed E-state index contributed by atoms with van der Waals surface area (Å²) in [5, 5.41) is 2.78. The maximum Gasteiger partial charge on any atom is 0.339 e. The van der Waals surface area contributed by atoms with E-state index in [0.29, 0.717) is 10.9 Å². The fourth-order valence-corrected chi connectivity index (χ4v) is 2.94. The fourth-order valence-electron chi connectivity index (χ4n) is 1.89. The Bertz CT molecular complexity index is 767. The van der Waals surface area contributed by atoms with Gasteiger partial charge in [-0.15, -0.1) is 0 Å². The number of nitrogens with two attached hydrogens (primary N) is 1. The van der Waals surface area contributed by atoms with Crippen molar-refractivity contribution in [3.05, 3.63) is 44.5 Å². The molecule has 0 amide bonds. The lowest BCUT2D eigenvalue weighted by Gasteiger charge is -2.16. The zero-order valence-electron chi connectivity index (χ0n) is 11.9. The molecule has 7 nitrogen and oxygen atoms in total. The largest absolute Gasteiger partial charge is 0.496 e. The number of ether oxygens (including phenoxy) is 1. The van der Waals surface area contributed by atoms with E-state index in [4.69, 9.17) is 10.5 Å². The van der Waals surface area contributed by atoms with Gasteiger partial charge < -0.3 is 10.5 Å². The number of methoxy groups -OCH3 is 1. The first-order valence-electron chi connectivity index (χ1n) is 6.21. The molecule has 2 aromatic rings. The Hall–Kier alpha value is -2.06. The molecule has 0 saturated heterocycles. The lowest BCUT2D eigenvalue weighted by Crippen LogP contribution is -2.33. The van der Waals surface area contributed by atoms with Gasteiger partial charge >= 0.3 is 11.1 Å². The summed E-state index contributed by atoms with van der Waals surface area (Å²) >= 11 is 1.24. The summed E-state index contributed by atoms with van der Waals surface area (Å²) in [7, 11) is 3.19. The Morgan fingerprint density at radius 2 is 2.14 bits per heavy atom. The number of benzene rings is 1. The Morgan fingerprint density at radius 3 is 2.76 bits per heavy atom. The van der Waals surface area contributed by atoms with Crippen molar-refractivity contribution >= 4 is 11.8 Å². The molecule has 0 fully saturated rings. The summed E-state index contributed by atoms with van der Waals surface area (Å²) in [6, 6.07) is 5.27. The minimum absolute atomic E-state index is 0.247. The van der Waals surface area contributed by atoms with Crippen LogP contribution in [-0.2, 0) is 7.05 Å². The second-order valence-corrected chi connectivity index (χ2v) is 5.47. The van der Waals surface area contributed by atoms with Gasteiger partial charge in [0.25, 0.3) is 0 Å². The van der Waals surface area contributed by atoms with Crippen LogP contribution in [0.25, 0.3) is 0 Å². The van der Waals surface area contributed by atoms with Crippen LogP contribution in [0.3, 0.4) is 0 Å². The maximum absolute atomic E-state index is 11.4. The van der Waals surface area contributed by atoms with Gasteiger partial charge in [0.05, 0.1) is 7.11 Å². The Kier molecular flexibility index (Phi) is 4.49. The van der Waals surface area contributed by atoms with Crippen molar-refractivity contribution in [3.63, 3.8) is 0 Å². The average Bonchev–Trinajstić information content (AvgIpc) is 2.44. The summed E-state index contributed by atoms with van der Waals surface area (Å²) in [4.78, 5) is 27.2. The Balaban J connectivity index is 2.52. The third-order valence-corrected chi connectivity index (χ3v) is 3.97. The highest BCUT2D eigenvalue weighted by atomic mass is 32.2. The van der Waals surface area contributed by atoms with Crippen molar-refractivity contribution in [1.29, 1.82) is 0 Å². The fraction of sp³-hybridized carbons (Fsp3) is 0.308. The Labute approximate surface area is 125 Å². The minimum Gasteiger partial charge on any atom is -0.496 e. The molecule has 2 rings (SSSR count). The van der Waals surface area contributed by atoms with Gasteiger partial charge in [0.2, 0.25) is 0 Å². The Morgan fingerprint density at radius 1 is 1.43 bits per heavy atom. The van der Waals surface area contributed by atoms with Gasteiger partial charge in [0.15, 0.2) is 5.16 Å². The monoisotopic (exact) mass is 308 g/mol. The molecule has 0 bridgehead atoms. The number of H-pyrrole nitrogens is 1. The van der Waals surface area contributed by atoms with Gasteiger partial charge in [0.1, 0.15) is 5.75 Å². The first-order chi connectivity index (χ1) is 9.93. The van der Waals surface area contributed by atoms with Crippen LogP contribution in [0.2, 0.25) is 0 Å². The van der Waals surface area contributed by atoms with E-state index in [-0.39, 0.29) is 6.04 Å². The highest BCUT2D eigenvalue weighted by Crippen LogP contribution is 2.36. The molecule has 0 unspecified atom stereocenters. The molecule has 21 heavy (non-hydrogen) atoms. The molecule has 0 saturated carbocycles. The van der Waals surface area contributed by atoms with Crippen molar-refractivity contribution in [2.24, 2.45) is 12.8 Å². The van der Waals surface area contributed by atoms with E-state index in [2.05, 4.69) is 10.1 Å². The maximum atomic E-state index is 11.4. The summed E-state index contributed by atoms with van der Waals surface area (Å²) in [6.07, 6.45) is 0. The molecule has 8 heteroatoms. The third-order valence-electron chi connectivity index (χ3n) is 2.85. The number of aryl methyl sites for hydroxylation is 1. The molecule has 0 aliphatic carbocycles. The van der Waals surface area contributed by atoms with Gasteiger partial charge in [-0.1, -0.05) is 6.07 Å². The molecule has 1 aromatic carbocycles. The van der Waals surface area contributed by atoms with E-state index in [9.17, 15) is 9.59 Å². The van der Waals surface area contributed by atoms with Gasteiger partial charge in [-0.3, -0.25) is 19.4 Å². The molecule has 0 spiro atoms. The number of nitrogens with zero attached hydrogens (tertiary/aromatic N) is 2. The highest BCUT2D eigenvalue weighted by Gasteiger charge is 2.16. The topological polar surface area (TPSA) is 103 Å². The molecular formula is C13H16N4O3S. The zero-order valence-corrected chi connectivity index (χ0v) is 12.7. The first-order valence-corrected chi connectivity index (χ1v) is 7.03. The number of hydrogen-bond acceptors (Lipinski definition) is 6. The van der Waals surface area contributed by atoms with Crippen LogP contribution in [0.4, 0.5) is 0 Å². The second kappa shape index (κ2) is 6.15. The van der Waals surface area contributed by atoms with Crippen LogP contribution < -0.4 is 21.6 Å². The predicted molar refractivity (Wildman–Crippen MR) is 79.8 cm³/mol. The number of rotatable bonds is 4. The third kappa shape index (κ3) is 3.17. The molecule has 3 N–H and O–H groups in total. The summed E-state index contributed by atoms with van der Waals surface area (Å²) in [5.41, 5.74) is 5.25. The first kappa shape index (κ1) is 15.3. The average molecular weight is 308 g/mol. The standard InChI is InChI=1S/C13H16N4O3S/c1-7(14)10-8(20-3)5-4-6-9(10)21-13-15-11(18)12(19)16-17(13)2/h4-7H,14H2,1-3H3,(H,16,19)/t7-/m1/s1. The van der Waals surface area contributed by atoms with Crippen molar-refractivity contribution < 1.29 is 4.74 Å². The van der Waals surface area contributed by atoms with Gasteiger partial charge in [-0.25, -0.2) is 0 Å². The molecule has 112 valence electrons. The molecule has 1 aromatic heterocycles. The quantitative estimate of drug-likeness (QED) is 0.804. The van der Waals surface area contributed by atoms with Crippen molar-refractivity contribution in [2.45, 2.75) is 23.0 Å². The number of aromatic amines is 1. The second-order valence-electron chi connectivity index (χ2n) is 4.46. The van der Waals surface area contributed by atoms with Crippen LogP contribution in [0.15, 0.2) is 37.8 Å². The van der Waals surface area contributed by atoms with E-state index < -0.39 is 11.1 Å². The number of hydrogen-bond donors (Lipinski definition) is 2. The van der Waals surface area contributed by atoms with E-state index in [1.807, 2.05) is 25.1 Å². The van der Waals surface area contributed by atoms with E-state index in [1.54, 1.807) is 14.2 Å². The van der Waals surface area contributed by atoms with Crippen molar-refractivity contribution in [2.75, 3.05) is 7.11 Å². The molecule has 1 atom stereocenters. The van der Waals surface area contributed by atoms with Crippen LogP contribution in [0, 0.1) is 0 Å². The van der Waals surface area contributed by atoms with Crippen LogP contribution in [0.5, 0.6) is 5.75 Å². The lowest BCUT2D eigenvalue weighted by atomic mass is 10.1. The predicted octanol–water partition coefficient (Wildman–Crippen LogP) is 0.648. The molecule has 0 aliphatic heterocycles. The SMILES string of the molecule is COc1cccc(Sc2nc(=O)c(=O)[nH]n2C)c1[C@@H](C)N. The van der Waals surface area contributed by atoms with Gasteiger partial charge in [0, 0.05) is 23.5 Å². The molecule has 0 aliphatic rings. The van der Waals surface area contributed by atoms with E-state index in [1.165, 1.54) is 16.4 Å². The molecule has 1 heterocycles. The highest BCUT2D eigenvalue weighted by molar-refractivity contribution is 7.99. The van der Waals surface area contributed by atoms with Crippen molar-refractivity contribution in [1.82, 2.24) is 14.8 Å². The van der Waals surface area contributed by atoms with Crippen LogP contribution >= 0.6 is 11.8 Å². The zero-order chi connectivity index (χ0) is 15.6. The van der Waals surface area contributed by atoms with Crippen LogP contribution in [0.1, 0.15) is 18.5 Å². The summed E-state index contributed by atoms with van der Waals surface area (Å²) < 4.78 is 6.72. The summed E-state index contributed by atoms with van der Waals surface area (Å²) in [6.45, 7) is 1.85. The minimum atomic E-state index is -0.819. The number of nitrogens with one attached hydrogen (secondary N) is 1. The van der Waals surface area contributed by atoms with E-state index in [0.717, 1.165) is 10.5 Å². The molecule has 0 radical (unpaired) electrons.